The second-order valence-corrected chi connectivity index (χ2v) is 10.4. The van der Waals surface area contributed by atoms with Gasteiger partial charge in [-0.2, -0.15) is 0 Å². The van der Waals surface area contributed by atoms with Gasteiger partial charge in [0.15, 0.2) is 5.16 Å². The fourth-order valence-corrected chi connectivity index (χ4v) is 5.59. The molecule has 6 nitrogen and oxygen atoms in total. The smallest absolute Gasteiger partial charge is 0.341 e. The number of hydrogen-bond donors (Lipinski definition) is 1. The lowest BCUT2D eigenvalue weighted by molar-refractivity contribution is -0.115. The van der Waals surface area contributed by atoms with E-state index in [0.29, 0.717) is 33.8 Å². The molecule has 1 N–H and O–H groups in total. The van der Waals surface area contributed by atoms with Gasteiger partial charge in [0, 0.05) is 29.4 Å². The minimum atomic E-state index is -0.376. The van der Waals surface area contributed by atoms with Crippen LogP contribution in [0.2, 0.25) is 0 Å². The zero-order valence-electron chi connectivity index (χ0n) is 17.3. The highest BCUT2D eigenvalue weighted by Crippen LogP contribution is 2.44. The van der Waals surface area contributed by atoms with E-state index >= 15 is 0 Å². The largest absolute Gasteiger partial charge is 0.465 e. The molecule has 1 unspecified atom stereocenters. The van der Waals surface area contributed by atoms with Gasteiger partial charge >= 0.3 is 5.97 Å². The molecule has 1 aliphatic rings. The number of ether oxygens (including phenoxy) is 1. The van der Waals surface area contributed by atoms with Crippen LogP contribution in [0.15, 0.2) is 23.6 Å². The summed E-state index contributed by atoms with van der Waals surface area (Å²) < 4.78 is 5.01. The van der Waals surface area contributed by atoms with Crippen LogP contribution < -0.4 is 5.32 Å². The van der Waals surface area contributed by atoms with E-state index in [1.165, 1.54) is 35.1 Å². The number of amides is 1. The average molecular weight is 434 g/mol. The molecule has 2 aromatic heterocycles. The maximum absolute atomic E-state index is 12.5. The number of thiophene rings is 1. The van der Waals surface area contributed by atoms with Crippen LogP contribution in [0.5, 0.6) is 0 Å². The monoisotopic (exact) mass is 433 g/mol. The Hall–Kier alpha value is -1.93. The van der Waals surface area contributed by atoms with Crippen molar-refractivity contribution in [1.29, 1.82) is 0 Å². The Morgan fingerprint density at radius 1 is 1.31 bits per heavy atom. The quantitative estimate of drug-likeness (QED) is 0.407. The Morgan fingerprint density at radius 3 is 2.69 bits per heavy atom. The van der Waals surface area contributed by atoms with Gasteiger partial charge < -0.3 is 10.1 Å². The average Bonchev–Trinajstić information content (AvgIpc) is 3.04. The van der Waals surface area contributed by atoms with Gasteiger partial charge in [0.1, 0.15) is 5.00 Å². The van der Waals surface area contributed by atoms with E-state index in [0.717, 1.165) is 24.8 Å². The lowest BCUT2D eigenvalue weighted by Crippen LogP contribution is -2.26. The number of nitrogens with one attached hydrogen (secondary N) is 1. The first-order valence-electron chi connectivity index (χ1n) is 9.72. The summed E-state index contributed by atoms with van der Waals surface area (Å²) >= 11 is 2.95. The summed E-state index contributed by atoms with van der Waals surface area (Å²) in [5.74, 6) is 0.634. The van der Waals surface area contributed by atoms with Crippen molar-refractivity contribution in [3.8, 4) is 0 Å². The number of rotatable bonds is 6. The molecule has 0 saturated heterocycles. The Labute approximate surface area is 179 Å². The summed E-state index contributed by atoms with van der Waals surface area (Å²) in [5, 5.41) is 4.21. The van der Waals surface area contributed by atoms with Gasteiger partial charge in [-0.3, -0.25) is 4.79 Å². The Bertz CT molecular complexity index is 875. The maximum atomic E-state index is 12.5. The zero-order valence-corrected chi connectivity index (χ0v) is 18.9. The van der Waals surface area contributed by atoms with Gasteiger partial charge in [-0.1, -0.05) is 32.5 Å². The van der Waals surface area contributed by atoms with Gasteiger partial charge in [-0.25, -0.2) is 14.8 Å². The summed E-state index contributed by atoms with van der Waals surface area (Å²) in [6.45, 7) is 6.77. The first-order chi connectivity index (χ1) is 13.8. The Kier molecular flexibility index (Phi) is 6.95. The maximum Gasteiger partial charge on any atom is 0.341 e. The molecule has 2 aromatic rings. The molecular weight excluding hydrogens is 406 g/mol. The molecule has 29 heavy (non-hydrogen) atoms. The highest BCUT2D eigenvalue weighted by atomic mass is 32.2. The summed E-state index contributed by atoms with van der Waals surface area (Å²) in [5.41, 5.74) is 1.80. The molecule has 1 amide bonds. The third-order valence-electron chi connectivity index (χ3n) is 5.23. The third kappa shape index (κ3) is 5.36. The molecule has 3 rings (SSSR count). The van der Waals surface area contributed by atoms with E-state index in [1.54, 1.807) is 18.5 Å². The van der Waals surface area contributed by atoms with Crippen molar-refractivity contribution in [2.24, 2.45) is 11.3 Å². The SMILES string of the molecule is COC(=O)c1c(NC(=O)CCSc2ncccn2)sc2c1CCC(C(C)(C)C)C2. The van der Waals surface area contributed by atoms with Crippen molar-refractivity contribution in [2.75, 3.05) is 18.2 Å². The van der Waals surface area contributed by atoms with Crippen molar-refractivity contribution < 1.29 is 14.3 Å². The van der Waals surface area contributed by atoms with Crippen LogP contribution in [-0.4, -0.2) is 34.7 Å². The van der Waals surface area contributed by atoms with Crippen LogP contribution in [0.3, 0.4) is 0 Å². The van der Waals surface area contributed by atoms with Crippen molar-refractivity contribution >= 4 is 40.0 Å². The molecule has 0 spiro atoms. The molecule has 1 aliphatic carbocycles. The number of fused-ring (bicyclic) bond motifs is 1. The topological polar surface area (TPSA) is 81.2 Å². The number of thioether (sulfide) groups is 1. The van der Waals surface area contributed by atoms with Crippen LogP contribution >= 0.6 is 23.1 Å². The minimum absolute atomic E-state index is 0.121. The van der Waals surface area contributed by atoms with E-state index in [-0.39, 0.29) is 17.3 Å². The number of esters is 1. The molecular formula is C21H27N3O3S2. The van der Waals surface area contributed by atoms with Crippen molar-refractivity contribution in [2.45, 2.75) is 51.6 Å². The number of hydrogen-bond acceptors (Lipinski definition) is 7. The molecule has 156 valence electrons. The van der Waals surface area contributed by atoms with E-state index in [2.05, 4.69) is 36.1 Å². The number of carbonyl (C=O) groups is 2. The lowest BCUT2D eigenvalue weighted by Gasteiger charge is -2.33. The Balaban J connectivity index is 1.70. The summed E-state index contributed by atoms with van der Waals surface area (Å²) in [6, 6.07) is 1.76. The van der Waals surface area contributed by atoms with Gasteiger partial charge in [-0.05, 0) is 42.2 Å². The van der Waals surface area contributed by atoms with Gasteiger partial charge in [0.2, 0.25) is 5.91 Å². The molecule has 8 heteroatoms. The van der Waals surface area contributed by atoms with E-state index in [1.807, 2.05) is 0 Å². The first-order valence-corrected chi connectivity index (χ1v) is 11.5. The molecule has 0 fully saturated rings. The number of methoxy groups -OCH3 is 1. The third-order valence-corrected chi connectivity index (χ3v) is 7.28. The highest BCUT2D eigenvalue weighted by Gasteiger charge is 2.34. The van der Waals surface area contributed by atoms with Crippen LogP contribution in [0, 0.1) is 11.3 Å². The van der Waals surface area contributed by atoms with Crippen molar-refractivity contribution in [3.05, 3.63) is 34.5 Å². The predicted octanol–water partition coefficient (Wildman–Crippen LogP) is 4.60. The summed E-state index contributed by atoms with van der Waals surface area (Å²) in [7, 11) is 1.38. The van der Waals surface area contributed by atoms with Gasteiger partial charge in [0.05, 0.1) is 12.7 Å². The normalized spacial score (nSPS) is 16.2. The first kappa shape index (κ1) is 21.8. The summed E-state index contributed by atoms with van der Waals surface area (Å²) in [4.78, 5) is 34.4. The fraction of sp³-hybridized carbons (Fsp3) is 0.524. The summed E-state index contributed by atoms with van der Waals surface area (Å²) in [6.07, 6.45) is 6.49. The highest BCUT2D eigenvalue weighted by molar-refractivity contribution is 7.99. The van der Waals surface area contributed by atoms with Crippen molar-refractivity contribution in [3.63, 3.8) is 0 Å². The van der Waals surface area contributed by atoms with E-state index < -0.39 is 0 Å². The van der Waals surface area contributed by atoms with Crippen LogP contribution in [0.25, 0.3) is 0 Å². The molecule has 0 aromatic carbocycles. The number of nitrogens with zero attached hydrogens (tertiary/aromatic N) is 2. The van der Waals surface area contributed by atoms with Crippen LogP contribution in [0.4, 0.5) is 5.00 Å². The molecule has 0 saturated carbocycles. The number of aromatic nitrogens is 2. The van der Waals surface area contributed by atoms with Gasteiger partial charge in [-0.15, -0.1) is 11.3 Å². The molecule has 1 atom stereocenters. The van der Waals surface area contributed by atoms with E-state index in [9.17, 15) is 9.59 Å². The molecule has 0 aliphatic heterocycles. The van der Waals surface area contributed by atoms with Crippen LogP contribution in [-0.2, 0) is 22.4 Å². The predicted molar refractivity (Wildman–Crippen MR) is 117 cm³/mol. The fourth-order valence-electron chi connectivity index (χ4n) is 3.52. The molecule has 0 radical (unpaired) electrons. The molecule has 2 heterocycles. The number of carbonyl (C=O) groups excluding carboxylic acids is 2. The van der Waals surface area contributed by atoms with Gasteiger partial charge in [0.25, 0.3) is 0 Å². The van der Waals surface area contributed by atoms with Crippen molar-refractivity contribution in [1.82, 2.24) is 9.97 Å². The number of anilines is 1. The zero-order chi connectivity index (χ0) is 21.0. The lowest BCUT2D eigenvalue weighted by atomic mass is 9.72. The second kappa shape index (κ2) is 9.26. The second-order valence-electron chi connectivity index (χ2n) is 8.18. The van der Waals surface area contributed by atoms with Crippen LogP contribution in [0.1, 0.15) is 54.4 Å². The minimum Gasteiger partial charge on any atom is -0.465 e. The standard InChI is InChI=1S/C21H27N3O3S2/c1-21(2,3)13-6-7-14-15(12-13)29-18(17(14)19(26)27-4)24-16(25)8-11-28-20-22-9-5-10-23-20/h5,9-10,13H,6-8,11-12H2,1-4H3,(H,24,25). The Morgan fingerprint density at radius 2 is 2.03 bits per heavy atom. The van der Waals surface area contributed by atoms with E-state index in [4.69, 9.17) is 4.74 Å². The molecule has 0 bridgehead atoms.